The normalized spacial score (nSPS) is 30.1. The number of nitrogens with two attached hydrogens (primary N) is 1. The highest BCUT2D eigenvalue weighted by molar-refractivity contribution is 5.76. The molecule has 1 saturated heterocycles. The van der Waals surface area contributed by atoms with Crippen LogP contribution in [0, 0.1) is 5.92 Å². The summed E-state index contributed by atoms with van der Waals surface area (Å²) in [6.45, 7) is 5.09. The summed E-state index contributed by atoms with van der Waals surface area (Å²) in [6, 6.07) is -0.100. The zero-order valence-corrected chi connectivity index (χ0v) is 8.94. The summed E-state index contributed by atoms with van der Waals surface area (Å²) in [5.74, 6) is 0.446. The minimum Gasteiger partial charge on any atom is -0.391 e. The molecule has 1 aliphatic heterocycles. The van der Waals surface area contributed by atoms with Crippen molar-refractivity contribution in [2.45, 2.75) is 38.8 Å². The van der Waals surface area contributed by atoms with Crippen molar-refractivity contribution in [1.82, 2.24) is 4.90 Å². The molecule has 14 heavy (non-hydrogen) atoms. The Balaban J connectivity index is 2.46. The van der Waals surface area contributed by atoms with Gasteiger partial charge in [-0.15, -0.1) is 0 Å². The van der Waals surface area contributed by atoms with Gasteiger partial charge in [-0.2, -0.15) is 0 Å². The molecule has 0 aromatic heterocycles. The quantitative estimate of drug-likeness (QED) is 0.657. The number of hydrogen-bond donors (Lipinski definition) is 2. The number of aliphatic hydroxyl groups excluding tert-OH is 1. The Labute approximate surface area is 85.1 Å². The maximum atomic E-state index is 11.6. The molecule has 0 spiro atoms. The predicted octanol–water partition coefficient (Wildman–Crippen LogP) is -0.0470. The third kappa shape index (κ3) is 3.27. The lowest BCUT2D eigenvalue weighted by atomic mass is 9.97. The molecule has 1 unspecified atom stereocenters. The summed E-state index contributed by atoms with van der Waals surface area (Å²) < 4.78 is 0. The molecule has 82 valence electrons. The number of rotatable bonds is 2. The summed E-state index contributed by atoms with van der Waals surface area (Å²) in [7, 11) is 0. The van der Waals surface area contributed by atoms with E-state index in [9.17, 15) is 9.90 Å². The zero-order chi connectivity index (χ0) is 10.7. The van der Waals surface area contributed by atoms with Crippen molar-refractivity contribution in [3.63, 3.8) is 0 Å². The van der Waals surface area contributed by atoms with Crippen LogP contribution in [0.1, 0.15) is 26.7 Å². The van der Waals surface area contributed by atoms with Crippen LogP contribution in [0.25, 0.3) is 0 Å². The van der Waals surface area contributed by atoms with E-state index in [1.54, 1.807) is 4.90 Å². The van der Waals surface area contributed by atoms with Gasteiger partial charge in [-0.05, 0) is 19.3 Å². The molecular formula is C10H20N2O2. The molecule has 1 fully saturated rings. The Morgan fingerprint density at radius 1 is 1.64 bits per heavy atom. The molecule has 0 aliphatic carbocycles. The van der Waals surface area contributed by atoms with Crippen LogP contribution in [0.3, 0.4) is 0 Å². The average molecular weight is 200 g/mol. The maximum Gasteiger partial charge on any atom is 0.224 e. The van der Waals surface area contributed by atoms with Crippen molar-refractivity contribution < 1.29 is 9.90 Å². The van der Waals surface area contributed by atoms with Gasteiger partial charge >= 0.3 is 0 Å². The van der Waals surface area contributed by atoms with Gasteiger partial charge in [0, 0.05) is 25.6 Å². The number of piperidine rings is 1. The topological polar surface area (TPSA) is 66.6 Å². The Kier molecular flexibility index (Phi) is 3.89. The van der Waals surface area contributed by atoms with Crippen LogP contribution in [0.4, 0.5) is 0 Å². The Bertz CT molecular complexity index is 196. The van der Waals surface area contributed by atoms with Crippen molar-refractivity contribution in [2.75, 3.05) is 13.1 Å². The van der Waals surface area contributed by atoms with Crippen LogP contribution in [-0.4, -0.2) is 41.1 Å². The molecule has 1 aliphatic rings. The van der Waals surface area contributed by atoms with Crippen LogP contribution in [0.15, 0.2) is 0 Å². The van der Waals surface area contributed by atoms with Gasteiger partial charge in [-0.1, -0.05) is 6.92 Å². The molecule has 3 atom stereocenters. The molecule has 0 aromatic rings. The first kappa shape index (κ1) is 11.5. The molecule has 0 radical (unpaired) electrons. The Morgan fingerprint density at radius 2 is 2.29 bits per heavy atom. The SMILES string of the molecule is CC(N)CC(=O)N1C[C@@H](C)C[C@@H](O)C1. The summed E-state index contributed by atoms with van der Waals surface area (Å²) in [5, 5.41) is 9.51. The van der Waals surface area contributed by atoms with E-state index in [0.717, 1.165) is 13.0 Å². The van der Waals surface area contributed by atoms with Crippen LogP contribution in [-0.2, 0) is 4.79 Å². The summed E-state index contributed by atoms with van der Waals surface area (Å²) >= 11 is 0. The lowest BCUT2D eigenvalue weighted by Gasteiger charge is -2.34. The first-order chi connectivity index (χ1) is 6.49. The van der Waals surface area contributed by atoms with Crippen molar-refractivity contribution in [2.24, 2.45) is 11.7 Å². The highest BCUT2D eigenvalue weighted by Crippen LogP contribution is 2.16. The van der Waals surface area contributed by atoms with E-state index in [-0.39, 0.29) is 18.1 Å². The smallest absolute Gasteiger partial charge is 0.224 e. The minimum absolute atomic E-state index is 0.0607. The lowest BCUT2D eigenvalue weighted by Crippen LogP contribution is -2.46. The number of hydrogen-bond acceptors (Lipinski definition) is 3. The third-order valence-electron chi connectivity index (χ3n) is 2.49. The van der Waals surface area contributed by atoms with Crippen molar-refractivity contribution >= 4 is 5.91 Å². The number of amides is 1. The number of aliphatic hydroxyl groups is 1. The second kappa shape index (κ2) is 4.75. The fourth-order valence-corrected chi connectivity index (χ4v) is 1.93. The average Bonchev–Trinajstić information content (AvgIpc) is 2.00. The molecule has 4 nitrogen and oxygen atoms in total. The van der Waals surface area contributed by atoms with Gasteiger partial charge in [-0.25, -0.2) is 0 Å². The summed E-state index contributed by atoms with van der Waals surface area (Å²) in [5.41, 5.74) is 5.56. The minimum atomic E-state index is -0.365. The molecule has 0 aromatic carbocycles. The van der Waals surface area contributed by atoms with Crippen LogP contribution in [0.5, 0.6) is 0 Å². The highest BCUT2D eigenvalue weighted by Gasteiger charge is 2.26. The van der Waals surface area contributed by atoms with E-state index in [4.69, 9.17) is 5.73 Å². The number of nitrogens with zero attached hydrogens (tertiary/aromatic N) is 1. The fourth-order valence-electron chi connectivity index (χ4n) is 1.93. The third-order valence-corrected chi connectivity index (χ3v) is 2.49. The second-order valence-electron chi connectivity index (χ2n) is 4.47. The monoisotopic (exact) mass is 200 g/mol. The van der Waals surface area contributed by atoms with E-state index >= 15 is 0 Å². The van der Waals surface area contributed by atoms with Gasteiger partial charge in [0.1, 0.15) is 0 Å². The van der Waals surface area contributed by atoms with E-state index in [1.165, 1.54) is 0 Å². The number of likely N-dealkylation sites (tertiary alicyclic amines) is 1. The van der Waals surface area contributed by atoms with Crippen molar-refractivity contribution in [3.8, 4) is 0 Å². The van der Waals surface area contributed by atoms with Crippen molar-refractivity contribution in [3.05, 3.63) is 0 Å². The Morgan fingerprint density at radius 3 is 2.79 bits per heavy atom. The zero-order valence-electron chi connectivity index (χ0n) is 8.94. The predicted molar refractivity (Wildman–Crippen MR) is 54.6 cm³/mol. The van der Waals surface area contributed by atoms with Gasteiger partial charge < -0.3 is 15.7 Å². The first-order valence-corrected chi connectivity index (χ1v) is 5.20. The largest absolute Gasteiger partial charge is 0.391 e. The van der Waals surface area contributed by atoms with Gasteiger partial charge in [-0.3, -0.25) is 4.79 Å². The second-order valence-corrected chi connectivity index (χ2v) is 4.47. The molecule has 3 N–H and O–H groups in total. The highest BCUT2D eigenvalue weighted by atomic mass is 16.3. The standard InChI is InChI=1S/C10H20N2O2/c1-7-3-9(13)6-12(5-7)10(14)4-8(2)11/h7-9,13H,3-6,11H2,1-2H3/t7-,8?,9+/m0/s1. The molecule has 4 heteroatoms. The van der Waals surface area contributed by atoms with Gasteiger partial charge in [0.15, 0.2) is 0 Å². The van der Waals surface area contributed by atoms with Gasteiger partial charge in [0.2, 0.25) is 5.91 Å². The van der Waals surface area contributed by atoms with Gasteiger partial charge in [0.25, 0.3) is 0 Å². The molecule has 0 bridgehead atoms. The van der Waals surface area contributed by atoms with E-state index in [1.807, 2.05) is 6.92 Å². The summed E-state index contributed by atoms with van der Waals surface area (Å²) in [4.78, 5) is 13.4. The Hall–Kier alpha value is -0.610. The van der Waals surface area contributed by atoms with Gasteiger partial charge in [0.05, 0.1) is 6.10 Å². The van der Waals surface area contributed by atoms with Crippen LogP contribution >= 0.6 is 0 Å². The fraction of sp³-hybridized carbons (Fsp3) is 0.900. The van der Waals surface area contributed by atoms with Crippen LogP contribution < -0.4 is 5.73 Å². The first-order valence-electron chi connectivity index (χ1n) is 5.20. The number of carbonyl (C=O) groups excluding carboxylic acids is 1. The van der Waals surface area contributed by atoms with Crippen LogP contribution in [0.2, 0.25) is 0 Å². The molecule has 1 amide bonds. The van der Waals surface area contributed by atoms with Crippen molar-refractivity contribution in [1.29, 1.82) is 0 Å². The molecular weight excluding hydrogens is 180 g/mol. The number of β-amino-alcohol motifs (C(OH)–C–C–N with tert-alkyl or cyclic N) is 1. The van der Waals surface area contributed by atoms with E-state index in [2.05, 4.69) is 6.92 Å². The molecule has 1 rings (SSSR count). The van der Waals surface area contributed by atoms with E-state index in [0.29, 0.717) is 18.9 Å². The molecule has 1 heterocycles. The molecule has 0 saturated carbocycles. The lowest BCUT2D eigenvalue weighted by molar-refractivity contribution is -0.135. The maximum absolute atomic E-state index is 11.6. The number of carbonyl (C=O) groups is 1. The van der Waals surface area contributed by atoms with E-state index < -0.39 is 0 Å². The summed E-state index contributed by atoms with van der Waals surface area (Å²) in [6.07, 6.45) is 0.803.